The molecule has 2 N–H and O–H groups in total. The second kappa shape index (κ2) is 6.20. The average Bonchev–Trinajstić information content (AvgIpc) is 2.41. The highest BCUT2D eigenvalue weighted by molar-refractivity contribution is 7.88. The molecule has 1 aliphatic heterocycles. The van der Waals surface area contributed by atoms with Gasteiger partial charge in [-0.1, -0.05) is 24.6 Å². The van der Waals surface area contributed by atoms with E-state index in [1.165, 1.54) is 16.4 Å². The maximum atomic E-state index is 13.6. The SMILES string of the molecule is CC(N)C1CCCCN1S(=O)(=O)Cc1ccccc1F. The van der Waals surface area contributed by atoms with E-state index >= 15 is 0 Å². The number of hydrogen-bond acceptors (Lipinski definition) is 3. The minimum absolute atomic E-state index is 0.180. The standard InChI is InChI=1S/C14H21FN2O2S/c1-11(16)14-8-4-5-9-17(14)20(18,19)10-12-6-2-3-7-13(12)15/h2-3,6-7,11,14H,4-5,8-10,16H2,1H3. The summed E-state index contributed by atoms with van der Waals surface area (Å²) in [4.78, 5) is 0. The fraction of sp³-hybridized carbons (Fsp3) is 0.571. The minimum atomic E-state index is -3.54. The van der Waals surface area contributed by atoms with Crippen molar-refractivity contribution in [2.24, 2.45) is 5.73 Å². The lowest BCUT2D eigenvalue weighted by Crippen LogP contribution is -2.51. The van der Waals surface area contributed by atoms with Crippen molar-refractivity contribution in [1.29, 1.82) is 0 Å². The van der Waals surface area contributed by atoms with Crippen molar-refractivity contribution >= 4 is 10.0 Å². The van der Waals surface area contributed by atoms with Crippen LogP contribution in [0.3, 0.4) is 0 Å². The number of rotatable bonds is 4. The summed E-state index contributed by atoms with van der Waals surface area (Å²) in [6.07, 6.45) is 2.59. The van der Waals surface area contributed by atoms with Crippen molar-refractivity contribution in [1.82, 2.24) is 4.31 Å². The Balaban J connectivity index is 2.23. The van der Waals surface area contributed by atoms with Crippen LogP contribution in [0, 0.1) is 5.82 Å². The second-order valence-corrected chi connectivity index (χ2v) is 7.30. The molecule has 0 spiro atoms. The Morgan fingerprint density at radius 3 is 2.75 bits per heavy atom. The van der Waals surface area contributed by atoms with E-state index in [4.69, 9.17) is 5.73 Å². The van der Waals surface area contributed by atoms with Crippen LogP contribution in [0.2, 0.25) is 0 Å². The number of nitrogens with zero attached hydrogens (tertiary/aromatic N) is 1. The normalized spacial score (nSPS) is 22.6. The van der Waals surface area contributed by atoms with Crippen molar-refractivity contribution in [3.8, 4) is 0 Å². The Morgan fingerprint density at radius 1 is 1.40 bits per heavy atom. The quantitative estimate of drug-likeness (QED) is 0.923. The van der Waals surface area contributed by atoms with Crippen molar-refractivity contribution in [2.45, 2.75) is 44.0 Å². The summed E-state index contributed by atoms with van der Waals surface area (Å²) in [7, 11) is -3.54. The van der Waals surface area contributed by atoms with Gasteiger partial charge in [-0.2, -0.15) is 4.31 Å². The average molecular weight is 300 g/mol. The zero-order valence-electron chi connectivity index (χ0n) is 11.6. The van der Waals surface area contributed by atoms with Gasteiger partial charge in [-0.05, 0) is 25.8 Å². The van der Waals surface area contributed by atoms with E-state index in [-0.39, 0.29) is 23.4 Å². The maximum Gasteiger partial charge on any atom is 0.218 e. The molecule has 1 aliphatic rings. The topological polar surface area (TPSA) is 63.4 Å². The number of piperidine rings is 1. The summed E-state index contributed by atoms with van der Waals surface area (Å²) in [5.41, 5.74) is 6.11. The first kappa shape index (κ1) is 15.4. The predicted octanol–water partition coefficient (Wildman–Crippen LogP) is 1.86. The van der Waals surface area contributed by atoms with Gasteiger partial charge in [0, 0.05) is 24.2 Å². The molecule has 4 nitrogen and oxygen atoms in total. The molecule has 6 heteroatoms. The molecule has 2 unspecified atom stereocenters. The van der Waals surface area contributed by atoms with Crippen LogP contribution in [0.4, 0.5) is 4.39 Å². The maximum absolute atomic E-state index is 13.6. The molecule has 1 saturated heterocycles. The lowest BCUT2D eigenvalue weighted by molar-refractivity contribution is 0.227. The minimum Gasteiger partial charge on any atom is -0.326 e. The summed E-state index contributed by atoms with van der Waals surface area (Å²) in [5.74, 6) is -0.784. The van der Waals surface area contributed by atoms with E-state index < -0.39 is 15.8 Å². The number of sulfonamides is 1. The van der Waals surface area contributed by atoms with Crippen molar-refractivity contribution < 1.29 is 12.8 Å². The molecule has 1 heterocycles. The Hall–Kier alpha value is -0.980. The van der Waals surface area contributed by atoms with Gasteiger partial charge in [0.15, 0.2) is 0 Å². The van der Waals surface area contributed by atoms with Gasteiger partial charge in [0.1, 0.15) is 5.82 Å². The highest BCUT2D eigenvalue weighted by Crippen LogP contribution is 2.25. The van der Waals surface area contributed by atoms with Gasteiger partial charge >= 0.3 is 0 Å². The molecule has 112 valence electrons. The molecule has 2 rings (SSSR count). The van der Waals surface area contributed by atoms with Gasteiger partial charge in [-0.3, -0.25) is 0 Å². The van der Waals surface area contributed by atoms with Gasteiger partial charge in [0.2, 0.25) is 10.0 Å². The van der Waals surface area contributed by atoms with Crippen LogP contribution in [0.1, 0.15) is 31.7 Å². The summed E-state index contributed by atoms with van der Waals surface area (Å²) < 4.78 is 40.2. The van der Waals surface area contributed by atoms with Crippen LogP contribution in [0.25, 0.3) is 0 Å². The summed E-state index contributed by atoms with van der Waals surface area (Å²) in [5, 5.41) is 0. The zero-order chi connectivity index (χ0) is 14.8. The summed E-state index contributed by atoms with van der Waals surface area (Å²) in [6.45, 7) is 2.30. The van der Waals surface area contributed by atoms with Crippen molar-refractivity contribution in [3.05, 3.63) is 35.6 Å². The molecule has 2 atom stereocenters. The van der Waals surface area contributed by atoms with Crippen LogP contribution in [-0.4, -0.2) is 31.4 Å². The van der Waals surface area contributed by atoms with E-state index in [1.54, 1.807) is 12.1 Å². The highest BCUT2D eigenvalue weighted by atomic mass is 32.2. The molecule has 0 radical (unpaired) electrons. The molecule has 0 aliphatic carbocycles. The molecule has 1 fully saturated rings. The Labute approximate surface area is 119 Å². The third-order valence-corrected chi connectivity index (χ3v) is 5.60. The van der Waals surface area contributed by atoms with E-state index in [1.807, 2.05) is 6.92 Å². The Bertz CT molecular complexity index is 560. The molecule has 0 saturated carbocycles. The molecule has 1 aromatic carbocycles. The highest BCUT2D eigenvalue weighted by Gasteiger charge is 2.34. The van der Waals surface area contributed by atoms with Crippen LogP contribution < -0.4 is 5.73 Å². The van der Waals surface area contributed by atoms with Crippen LogP contribution >= 0.6 is 0 Å². The fourth-order valence-corrected chi connectivity index (χ4v) is 4.61. The van der Waals surface area contributed by atoms with Gasteiger partial charge < -0.3 is 5.73 Å². The Morgan fingerprint density at radius 2 is 2.10 bits per heavy atom. The van der Waals surface area contributed by atoms with Gasteiger partial charge in [0.05, 0.1) is 5.75 Å². The zero-order valence-corrected chi connectivity index (χ0v) is 12.4. The lowest BCUT2D eigenvalue weighted by atomic mass is 10.00. The monoisotopic (exact) mass is 300 g/mol. The molecular formula is C14H21FN2O2S. The van der Waals surface area contributed by atoms with Crippen LogP contribution in [0.15, 0.2) is 24.3 Å². The molecule has 0 amide bonds. The Kier molecular flexibility index (Phi) is 4.78. The molecule has 20 heavy (non-hydrogen) atoms. The van der Waals surface area contributed by atoms with Gasteiger partial charge in [-0.15, -0.1) is 0 Å². The predicted molar refractivity (Wildman–Crippen MR) is 77.0 cm³/mol. The van der Waals surface area contributed by atoms with Crippen LogP contribution in [0.5, 0.6) is 0 Å². The van der Waals surface area contributed by atoms with E-state index in [0.717, 1.165) is 19.3 Å². The van der Waals surface area contributed by atoms with E-state index in [2.05, 4.69) is 0 Å². The fourth-order valence-electron chi connectivity index (χ4n) is 2.70. The second-order valence-electron chi connectivity index (χ2n) is 5.38. The first-order valence-corrected chi connectivity index (χ1v) is 8.51. The largest absolute Gasteiger partial charge is 0.326 e. The number of nitrogens with two attached hydrogens (primary N) is 1. The summed E-state index contributed by atoms with van der Waals surface area (Å²) >= 11 is 0. The van der Waals surface area contributed by atoms with Crippen molar-refractivity contribution in [2.75, 3.05) is 6.54 Å². The number of hydrogen-bond donors (Lipinski definition) is 1. The first-order chi connectivity index (χ1) is 9.42. The van der Waals surface area contributed by atoms with Gasteiger partial charge in [0.25, 0.3) is 0 Å². The molecule has 0 bridgehead atoms. The number of halogens is 1. The summed E-state index contributed by atoms with van der Waals surface area (Å²) in [6, 6.07) is 5.60. The van der Waals surface area contributed by atoms with Crippen molar-refractivity contribution in [3.63, 3.8) is 0 Å². The van der Waals surface area contributed by atoms with E-state index in [9.17, 15) is 12.8 Å². The van der Waals surface area contributed by atoms with E-state index in [0.29, 0.717) is 6.54 Å². The third kappa shape index (κ3) is 3.37. The first-order valence-electron chi connectivity index (χ1n) is 6.90. The van der Waals surface area contributed by atoms with Gasteiger partial charge in [-0.25, -0.2) is 12.8 Å². The lowest BCUT2D eigenvalue weighted by Gasteiger charge is -2.37. The number of benzene rings is 1. The molecular weight excluding hydrogens is 279 g/mol. The molecule has 0 aromatic heterocycles. The molecule has 1 aromatic rings. The smallest absolute Gasteiger partial charge is 0.218 e. The third-order valence-electron chi connectivity index (χ3n) is 3.76. The van der Waals surface area contributed by atoms with Crippen LogP contribution in [-0.2, 0) is 15.8 Å².